The van der Waals surface area contributed by atoms with Crippen LogP contribution in [0.2, 0.25) is 10.0 Å². The van der Waals surface area contributed by atoms with Crippen LogP contribution in [0.4, 0.5) is 0 Å². The molecule has 1 heterocycles. The zero-order valence-electron chi connectivity index (χ0n) is 12.2. The van der Waals surface area contributed by atoms with E-state index in [0.717, 1.165) is 22.4 Å². The molecule has 1 aromatic heterocycles. The number of nitrogens with zero attached hydrogens (tertiary/aromatic N) is 2. The summed E-state index contributed by atoms with van der Waals surface area (Å²) in [5, 5.41) is 10.6. The van der Waals surface area contributed by atoms with Crippen molar-refractivity contribution in [2.24, 2.45) is 0 Å². The van der Waals surface area contributed by atoms with Gasteiger partial charge in [-0.2, -0.15) is 0 Å². The lowest BCUT2D eigenvalue weighted by molar-refractivity contribution is 0.299. The molecule has 3 aromatic rings. The Kier molecular flexibility index (Phi) is 4.91. The van der Waals surface area contributed by atoms with E-state index in [1.807, 2.05) is 36.4 Å². The Morgan fingerprint density at radius 1 is 0.957 bits per heavy atom. The smallest absolute Gasteiger partial charge is 0.159 e. The molecule has 3 rings (SSSR count). The standard InChI is InChI=1S/C18H14Cl2N2O/c19-14-7-5-12(6-8-14)18-21-11-13(9-10-23)17(22-18)15-3-1-2-4-16(15)20/h1-8,11,23H,9-10H2. The topological polar surface area (TPSA) is 46.0 Å². The zero-order chi connectivity index (χ0) is 16.2. The van der Waals surface area contributed by atoms with Crippen LogP contribution in [0.5, 0.6) is 0 Å². The lowest BCUT2D eigenvalue weighted by atomic mass is 10.0. The van der Waals surface area contributed by atoms with Gasteiger partial charge < -0.3 is 5.11 Å². The molecule has 0 amide bonds. The van der Waals surface area contributed by atoms with E-state index in [9.17, 15) is 5.11 Å². The summed E-state index contributed by atoms with van der Waals surface area (Å²) in [6, 6.07) is 14.9. The third-order valence-electron chi connectivity index (χ3n) is 3.48. The van der Waals surface area contributed by atoms with Crippen molar-refractivity contribution in [1.29, 1.82) is 0 Å². The minimum atomic E-state index is 0.0289. The van der Waals surface area contributed by atoms with Gasteiger partial charge in [0.05, 0.1) is 5.69 Å². The third-order valence-corrected chi connectivity index (χ3v) is 4.06. The number of hydrogen-bond donors (Lipinski definition) is 1. The van der Waals surface area contributed by atoms with Gasteiger partial charge in [-0.1, -0.05) is 41.4 Å². The predicted octanol–water partition coefficient (Wildman–Crippen LogP) is 4.65. The lowest BCUT2D eigenvalue weighted by Crippen LogP contribution is -2.01. The Labute approximate surface area is 144 Å². The first-order valence-corrected chi connectivity index (χ1v) is 7.92. The van der Waals surface area contributed by atoms with Crippen LogP contribution in [-0.4, -0.2) is 21.7 Å². The average molecular weight is 345 g/mol. The molecule has 0 saturated carbocycles. The Hall–Kier alpha value is -1.94. The average Bonchev–Trinajstić information content (AvgIpc) is 2.57. The van der Waals surface area contributed by atoms with Gasteiger partial charge in [-0.25, -0.2) is 9.97 Å². The summed E-state index contributed by atoms with van der Waals surface area (Å²) in [5.41, 5.74) is 3.30. The molecular weight excluding hydrogens is 331 g/mol. The molecule has 0 aliphatic rings. The number of halogens is 2. The molecule has 0 spiro atoms. The molecule has 0 saturated heterocycles. The molecule has 1 N–H and O–H groups in total. The molecule has 5 heteroatoms. The summed E-state index contributed by atoms with van der Waals surface area (Å²) in [7, 11) is 0. The van der Waals surface area contributed by atoms with E-state index in [2.05, 4.69) is 9.97 Å². The highest BCUT2D eigenvalue weighted by Crippen LogP contribution is 2.30. The van der Waals surface area contributed by atoms with Gasteiger partial charge in [0, 0.05) is 34.0 Å². The fourth-order valence-corrected chi connectivity index (χ4v) is 2.69. The second-order valence-electron chi connectivity index (χ2n) is 5.03. The van der Waals surface area contributed by atoms with Gasteiger partial charge >= 0.3 is 0 Å². The van der Waals surface area contributed by atoms with Gasteiger partial charge in [0.25, 0.3) is 0 Å². The van der Waals surface area contributed by atoms with Crippen LogP contribution in [0.3, 0.4) is 0 Å². The van der Waals surface area contributed by atoms with E-state index in [4.69, 9.17) is 23.2 Å². The van der Waals surface area contributed by atoms with Gasteiger partial charge in [-0.15, -0.1) is 0 Å². The van der Waals surface area contributed by atoms with Crippen LogP contribution in [0.1, 0.15) is 5.56 Å². The molecule has 116 valence electrons. The highest BCUT2D eigenvalue weighted by atomic mass is 35.5. The second-order valence-corrected chi connectivity index (χ2v) is 5.87. The fourth-order valence-electron chi connectivity index (χ4n) is 2.33. The molecule has 0 unspecified atom stereocenters. The summed E-state index contributed by atoms with van der Waals surface area (Å²) in [6.07, 6.45) is 2.22. The first-order chi connectivity index (χ1) is 11.2. The zero-order valence-corrected chi connectivity index (χ0v) is 13.7. The summed E-state index contributed by atoms with van der Waals surface area (Å²) in [5.74, 6) is 0.596. The molecule has 23 heavy (non-hydrogen) atoms. The summed E-state index contributed by atoms with van der Waals surface area (Å²) in [6.45, 7) is 0.0289. The molecule has 0 bridgehead atoms. The van der Waals surface area contributed by atoms with Crippen LogP contribution in [0.15, 0.2) is 54.7 Å². The van der Waals surface area contributed by atoms with Gasteiger partial charge in [-0.05, 0) is 42.3 Å². The van der Waals surface area contributed by atoms with Crippen molar-refractivity contribution in [3.63, 3.8) is 0 Å². The molecule has 2 aromatic carbocycles. The lowest BCUT2D eigenvalue weighted by Gasteiger charge is -2.11. The molecule has 0 aliphatic heterocycles. The predicted molar refractivity (Wildman–Crippen MR) is 93.7 cm³/mol. The fraction of sp³-hybridized carbons (Fsp3) is 0.111. The van der Waals surface area contributed by atoms with Crippen molar-refractivity contribution >= 4 is 23.2 Å². The Morgan fingerprint density at radius 2 is 1.70 bits per heavy atom. The van der Waals surface area contributed by atoms with Crippen molar-refractivity contribution in [1.82, 2.24) is 9.97 Å². The van der Waals surface area contributed by atoms with E-state index >= 15 is 0 Å². The van der Waals surface area contributed by atoms with E-state index in [0.29, 0.717) is 22.3 Å². The number of aliphatic hydroxyl groups is 1. The monoisotopic (exact) mass is 344 g/mol. The molecule has 0 aliphatic carbocycles. The van der Waals surface area contributed by atoms with E-state index in [-0.39, 0.29) is 6.61 Å². The van der Waals surface area contributed by atoms with Gasteiger partial charge in [-0.3, -0.25) is 0 Å². The van der Waals surface area contributed by atoms with Crippen LogP contribution in [0, 0.1) is 0 Å². The van der Waals surface area contributed by atoms with Crippen LogP contribution < -0.4 is 0 Å². The van der Waals surface area contributed by atoms with Crippen LogP contribution in [0.25, 0.3) is 22.6 Å². The summed E-state index contributed by atoms with van der Waals surface area (Å²) in [4.78, 5) is 9.08. The maximum Gasteiger partial charge on any atom is 0.159 e. The Morgan fingerprint density at radius 3 is 2.39 bits per heavy atom. The maximum absolute atomic E-state index is 9.27. The van der Waals surface area contributed by atoms with Crippen molar-refractivity contribution < 1.29 is 5.11 Å². The molecule has 3 nitrogen and oxygen atoms in total. The van der Waals surface area contributed by atoms with Crippen molar-refractivity contribution in [2.75, 3.05) is 6.61 Å². The summed E-state index contributed by atoms with van der Waals surface area (Å²) >= 11 is 12.2. The molecule has 0 fully saturated rings. The van der Waals surface area contributed by atoms with Crippen molar-refractivity contribution in [2.45, 2.75) is 6.42 Å². The maximum atomic E-state index is 9.27. The van der Waals surface area contributed by atoms with Crippen molar-refractivity contribution in [3.8, 4) is 22.6 Å². The Balaban J connectivity index is 2.14. The SMILES string of the molecule is OCCc1cnc(-c2ccc(Cl)cc2)nc1-c1ccccc1Cl. The minimum absolute atomic E-state index is 0.0289. The van der Waals surface area contributed by atoms with Crippen molar-refractivity contribution in [3.05, 3.63) is 70.3 Å². The second kappa shape index (κ2) is 7.09. The van der Waals surface area contributed by atoms with Crippen LogP contribution in [-0.2, 0) is 6.42 Å². The minimum Gasteiger partial charge on any atom is -0.396 e. The highest BCUT2D eigenvalue weighted by Gasteiger charge is 2.13. The highest BCUT2D eigenvalue weighted by molar-refractivity contribution is 6.33. The Bertz CT molecular complexity index is 820. The van der Waals surface area contributed by atoms with E-state index in [1.54, 1.807) is 18.3 Å². The first kappa shape index (κ1) is 15.9. The van der Waals surface area contributed by atoms with E-state index in [1.165, 1.54) is 0 Å². The molecule has 0 atom stereocenters. The summed E-state index contributed by atoms with van der Waals surface area (Å²) < 4.78 is 0. The van der Waals surface area contributed by atoms with Gasteiger partial charge in [0.1, 0.15) is 0 Å². The van der Waals surface area contributed by atoms with Gasteiger partial charge in [0.2, 0.25) is 0 Å². The number of aliphatic hydroxyl groups excluding tert-OH is 1. The normalized spacial score (nSPS) is 10.7. The number of hydrogen-bond acceptors (Lipinski definition) is 3. The van der Waals surface area contributed by atoms with Gasteiger partial charge in [0.15, 0.2) is 5.82 Å². The van der Waals surface area contributed by atoms with E-state index < -0.39 is 0 Å². The van der Waals surface area contributed by atoms with Crippen LogP contribution >= 0.6 is 23.2 Å². The molecule has 0 radical (unpaired) electrons. The largest absolute Gasteiger partial charge is 0.396 e. The number of benzene rings is 2. The third kappa shape index (κ3) is 3.53. The number of aromatic nitrogens is 2. The number of rotatable bonds is 4. The molecular formula is C18H14Cl2N2O. The quantitative estimate of drug-likeness (QED) is 0.749. The first-order valence-electron chi connectivity index (χ1n) is 7.16.